The molecule has 5 rings (SSSR count). The van der Waals surface area contributed by atoms with Gasteiger partial charge in [-0.2, -0.15) is 0 Å². The standard InChI is InChI=1S/C25H24N4O3/c1-27-16-8-13-20(27)23(30)21-15-14-19-22(29(21)26-17-9-4-2-5-10-17)25(32)28(24(19)31)18-11-6-3-7-12-18/h2-16,19,21-23,26,30H,1H3. The van der Waals surface area contributed by atoms with E-state index in [4.69, 9.17) is 0 Å². The normalized spacial score (nSPS) is 23.9. The molecule has 0 bridgehead atoms. The van der Waals surface area contributed by atoms with Gasteiger partial charge in [0.05, 0.1) is 17.6 Å². The van der Waals surface area contributed by atoms with E-state index in [1.807, 2.05) is 72.4 Å². The van der Waals surface area contributed by atoms with E-state index in [1.165, 1.54) is 4.90 Å². The van der Waals surface area contributed by atoms with E-state index in [-0.39, 0.29) is 11.8 Å². The molecular formula is C25H24N4O3. The van der Waals surface area contributed by atoms with E-state index >= 15 is 0 Å². The van der Waals surface area contributed by atoms with Crippen molar-refractivity contribution in [1.29, 1.82) is 0 Å². The van der Waals surface area contributed by atoms with Crippen molar-refractivity contribution in [2.24, 2.45) is 13.0 Å². The molecule has 2 aromatic carbocycles. The summed E-state index contributed by atoms with van der Waals surface area (Å²) in [5.41, 5.74) is 5.33. The minimum absolute atomic E-state index is 0.269. The first-order valence-corrected chi connectivity index (χ1v) is 10.6. The van der Waals surface area contributed by atoms with Gasteiger partial charge in [-0.05, 0) is 36.4 Å². The van der Waals surface area contributed by atoms with Crippen molar-refractivity contribution in [2.45, 2.75) is 18.2 Å². The summed E-state index contributed by atoms with van der Waals surface area (Å²) < 4.78 is 1.85. The predicted molar refractivity (Wildman–Crippen MR) is 121 cm³/mol. The number of aliphatic hydroxyl groups is 1. The third-order valence-electron chi connectivity index (χ3n) is 6.11. The number of aliphatic hydroxyl groups excluding tert-OH is 1. The molecule has 0 aliphatic carbocycles. The first-order chi connectivity index (χ1) is 15.6. The third kappa shape index (κ3) is 3.32. The summed E-state index contributed by atoms with van der Waals surface area (Å²) in [7, 11) is 1.87. The van der Waals surface area contributed by atoms with Crippen LogP contribution in [-0.2, 0) is 16.6 Å². The van der Waals surface area contributed by atoms with Crippen LogP contribution in [0.1, 0.15) is 11.8 Å². The van der Waals surface area contributed by atoms with E-state index in [0.717, 1.165) is 11.4 Å². The van der Waals surface area contributed by atoms with Crippen LogP contribution in [0.3, 0.4) is 0 Å². The van der Waals surface area contributed by atoms with Gasteiger partial charge in [-0.1, -0.05) is 48.6 Å². The molecule has 7 nitrogen and oxygen atoms in total. The summed E-state index contributed by atoms with van der Waals surface area (Å²) in [6.07, 6.45) is 4.53. The second-order valence-electron chi connectivity index (χ2n) is 8.07. The third-order valence-corrected chi connectivity index (χ3v) is 6.11. The van der Waals surface area contributed by atoms with E-state index in [0.29, 0.717) is 5.69 Å². The Hall–Kier alpha value is -3.68. The lowest BCUT2D eigenvalue weighted by molar-refractivity contribution is -0.123. The van der Waals surface area contributed by atoms with E-state index < -0.39 is 24.1 Å². The fourth-order valence-corrected chi connectivity index (χ4v) is 4.52. The second-order valence-corrected chi connectivity index (χ2v) is 8.07. The van der Waals surface area contributed by atoms with Gasteiger partial charge in [-0.3, -0.25) is 9.59 Å². The molecule has 1 saturated heterocycles. The number of fused-ring (bicyclic) bond motifs is 1. The molecule has 3 aromatic rings. The van der Waals surface area contributed by atoms with Gasteiger partial charge in [-0.25, -0.2) is 9.91 Å². The van der Waals surface area contributed by atoms with Gasteiger partial charge in [0.1, 0.15) is 12.1 Å². The number of carbonyl (C=O) groups excluding carboxylic acids is 2. The Labute approximate surface area is 186 Å². The first-order valence-electron chi connectivity index (χ1n) is 10.6. The van der Waals surface area contributed by atoms with Gasteiger partial charge >= 0.3 is 0 Å². The summed E-state index contributed by atoms with van der Waals surface area (Å²) in [5, 5.41) is 13.0. The number of para-hydroxylation sites is 2. The number of rotatable bonds is 5. The van der Waals surface area contributed by atoms with Crippen molar-refractivity contribution in [3.8, 4) is 0 Å². The molecule has 2 aliphatic heterocycles. The molecule has 1 aromatic heterocycles. The highest BCUT2D eigenvalue weighted by Crippen LogP contribution is 2.37. The van der Waals surface area contributed by atoms with E-state index in [9.17, 15) is 14.7 Å². The summed E-state index contributed by atoms with van der Waals surface area (Å²) in [5.74, 6) is -1.23. The van der Waals surface area contributed by atoms with E-state index in [1.54, 1.807) is 35.4 Å². The zero-order chi connectivity index (χ0) is 22.2. The van der Waals surface area contributed by atoms with Crippen LogP contribution in [0, 0.1) is 5.92 Å². The summed E-state index contributed by atoms with van der Waals surface area (Å²) in [4.78, 5) is 28.1. The van der Waals surface area contributed by atoms with Crippen molar-refractivity contribution in [3.05, 3.63) is 96.8 Å². The number of aromatic nitrogens is 1. The SMILES string of the molecule is Cn1cccc1C(O)C1C=CC2C(=O)N(c3ccccc3)C(=O)C2N1Nc1ccccc1. The molecule has 2 N–H and O–H groups in total. The fraction of sp³-hybridized carbons (Fsp3) is 0.200. The minimum Gasteiger partial charge on any atom is -0.385 e. The number of hydrogen-bond donors (Lipinski definition) is 2. The average Bonchev–Trinajstić information content (AvgIpc) is 3.35. The maximum atomic E-state index is 13.6. The number of benzene rings is 2. The number of amides is 2. The smallest absolute Gasteiger partial charge is 0.254 e. The molecule has 0 spiro atoms. The predicted octanol–water partition coefficient (Wildman–Crippen LogP) is 2.88. The molecule has 0 radical (unpaired) electrons. The molecule has 0 saturated carbocycles. The maximum Gasteiger partial charge on any atom is 0.254 e. The van der Waals surface area contributed by atoms with Gasteiger partial charge in [0.25, 0.3) is 5.91 Å². The zero-order valence-electron chi connectivity index (χ0n) is 17.6. The largest absolute Gasteiger partial charge is 0.385 e. The lowest BCUT2D eigenvalue weighted by atomic mass is 9.92. The van der Waals surface area contributed by atoms with Crippen LogP contribution in [0.5, 0.6) is 0 Å². The molecule has 3 heterocycles. The van der Waals surface area contributed by atoms with Crippen LogP contribution in [-0.4, -0.2) is 38.6 Å². The molecule has 4 unspecified atom stereocenters. The Kier molecular flexibility index (Phi) is 5.13. The van der Waals surface area contributed by atoms with Gasteiger partial charge in [0, 0.05) is 24.6 Å². The average molecular weight is 428 g/mol. The highest BCUT2D eigenvalue weighted by molar-refractivity contribution is 6.24. The highest BCUT2D eigenvalue weighted by Gasteiger charge is 2.54. The van der Waals surface area contributed by atoms with Crippen LogP contribution in [0.2, 0.25) is 0 Å². The molecule has 2 aliphatic rings. The van der Waals surface area contributed by atoms with Crippen LogP contribution in [0.15, 0.2) is 91.1 Å². The topological polar surface area (TPSA) is 77.8 Å². The Morgan fingerprint density at radius 2 is 1.56 bits per heavy atom. The fourth-order valence-electron chi connectivity index (χ4n) is 4.52. The van der Waals surface area contributed by atoms with Crippen LogP contribution >= 0.6 is 0 Å². The number of carbonyl (C=O) groups is 2. The molecule has 162 valence electrons. The monoisotopic (exact) mass is 428 g/mol. The zero-order valence-corrected chi connectivity index (χ0v) is 17.6. The number of nitrogens with one attached hydrogen (secondary N) is 1. The summed E-state index contributed by atoms with van der Waals surface area (Å²) in [6.45, 7) is 0. The van der Waals surface area contributed by atoms with Gasteiger partial charge in [0.2, 0.25) is 5.91 Å². The number of anilines is 2. The first kappa shape index (κ1) is 20.2. The number of imide groups is 1. The van der Waals surface area contributed by atoms with Crippen LogP contribution < -0.4 is 10.3 Å². The summed E-state index contributed by atoms with van der Waals surface area (Å²) >= 11 is 0. The Bertz CT molecular complexity index is 1160. The molecular weight excluding hydrogens is 404 g/mol. The lowest BCUT2D eigenvalue weighted by Crippen LogP contribution is -2.55. The van der Waals surface area contributed by atoms with Crippen LogP contribution in [0.4, 0.5) is 11.4 Å². The van der Waals surface area contributed by atoms with Crippen molar-refractivity contribution in [3.63, 3.8) is 0 Å². The van der Waals surface area contributed by atoms with Gasteiger partial charge in [0.15, 0.2) is 0 Å². The Morgan fingerprint density at radius 1 is 0.875 bits per heavy atom. The molecule has 32 heavy (non-hydrogen) atoms. The lowest BCUT2D eigenvalue weighted by Gasteiger charge is -2.40. The number of aryl methyl sites for hydroxylation is 1. The van der Waals surface area contributed by atoms with Crippen LogP contribution in [0.25, 0.3) is 0 Å². The van der Waals surface area contributed by atoms with Crippen molar-refractivity contribution in [2.75, 3.05) is 10.3 Å². The van der Waals surface area contributed by atoms with E-state index in [2.05, 4.69) is 5.43 Å². The summed E-state index contributed by atoms with van der Waals surface area (Å²) in [6, 6.07) is 20.8. The molecule has 1 fully saturated rings. The molecule has 2 amide bonds. The minimum atomic E-state index is -0.905. The highest BCUT2D eigenvalue weighted by atomic mass is 16.3. The Balaban J connectivity index is 1.55. The molecule has 7 heteroatoms. The van der Waals surface area contributed by atoms with Crippen molar-refractivity contribution in [1.82, 2.24) is 9.58 Å². The number of nitrogens with zero attached hydrogens (tertiary/aromatic N) is 3. The number of hydrazine groups is 1. The van der Waals surface area contributed by atoms with Gasteiger partial charge < -0.3 is 15.1 Å². The molecule has 4 atom stereocenters. The maximum absolute atomic E-state index is 13.6. The van der Waals surface area contributed by atoms with Crippen molar-refractivity contribution < 1.29 is 14.7 Å². The second kappa shape index (κ2) is 8.11. The quantitative estimate of drug-likeness (QED) is 0.483. The van der Waals surface area contributed by atoms with Gasteiger partial charge in [-0.15, -0.1) is 0 Å². The van der Waals surface area contributed by atoms with Crippen molar-refractivity contribution >= 4 is 23.2 Å². The number of hydrogen-bond acceptors (Lipinski definition) is 5. The Morgan fingerprint density at radius 3 is 2.22 bits per heavy atom.